The second-order valence-electron chi connectivity index (χ2n) is 3.81. The molecule has 2 nitrogen and oxygen atoms in total. The summed E-state index contributed by atoms with van der Waals surface area (Å²) in [7, 11) is 0. The van der Waals surface area contributed by atoms with Crippen LogP contribution < -0.4 is 10.5 Å². The quantitative estimate of drug-likeness (QED) is 0.833. The van der Waals surface area contributed by atoms with Gasteiger partial charge in [-0.2, -0.15) is 0 Å². The van der Waals surface area contributed by atoms with Crippen LogP contribution >= 0.6 is 0 Å². The molecule has 2 rings (SSSR count). The number of hydrogen-bond acceptors (Lipinski definition) is 2. The minimum Gasteiger partial charge on any atom is -0.481 e. The highest BCUT2D eigenvalue weighted by Crippen LogP contribution is 2.12. The van der Waals surface area contributed by atoms with Gasteiger partial charge in [-0.1, -0.05) is 42.2 Å². The molecule has 18 heavy (non-hydrogen) atoms. The van der Waals surface area contributed by atoms with Gasteiger partial charge in [0.05, 0.1) is 0 Å². The fourth-order valence-corrected chi connectivity index (χ4v) is 1.54. The zero-order chi connectivity index (χ0) is 12.6. The lowest BCUT2D eigenvalue weighted by Crippen LogP contribution is -1.98. The maximum absolute atomic E-state index is 5.57. The molecular formula is C16H15NO. The topological polar surface area (TPSA) is 35.2 Å². The summed E-state index contributed by atoms with van der Waals surface area (Å²) >= 11 is 0. The third kappa shape index (κ3) is 3.65. The van der Waals surface area contributed by atoms with Gasteiger partial charge >= 0.3 is 0 Å². The molecular weight excluding hydrogens is 222 g/mol. The maximum atomic E-state index is 5.57. The molecule has 90 valence electrons. The molecule has 0 aliphatic rings. The van der Waals surface area contributed by atoms with E-state index in [1.54, 1.807) is 0 Å². The molecule has 0 aliphatic carbocycles. The third-order valence-electron chi connectivity index (χ3n) is 2.45. The second kappa shape index (κ2) is 6.48. The summed E-state index contributed by atoms with van der Waals surface area (Å²) in [4.78, 5) is 0. The van der Waals surface area contributed by atoms with Gasteiger partial charge in [-0.05, 0) is 29.8 Å². The molecule has 0 amide bonds. The average Bonchev–Trinajstić information content (AvgIpc) is 2.45. The number of rotatable bonds is 3. The van der Waals surface area contributed by atoms with Crippen LogP contribution in [0.15, 0.2) is 54.6 Å². The highest BCUT2D eigenvalue weighted by Gasteiger charge is 1.93. The highest BCUT2D eigenvalue weighted by molar-refractivity contribution is 5.34. The van der Waals surface area contributed by atoms with E-state index in [0.717, 1.165) is 16.9 Å². The monoisotopic (exact) mass is 237 g/mol. The Morgan fingerprint density at radius 1 is 1.00 bits per heavy atom. The molecule has 0 bridgehead atoms. The van der Waals surface area contributed by atoms with Crippen LogP contribution in [0.5, 0.6) is 5.75 Å². The van der Waals surface area contributed by atoms with E-state index in [2.05, 4.69) is 11.8 Å². The van der Waals surface area contributed by atoms with Crippen molar-refractivity contribution in [3.8, 4) is 17.6 Å². The lowest BCUT2D eigenvalue weighted by atomic mass is 10.2. The van der Waals surface area contributed by atoms with Crippen molar-refractivity contribution in [3.05, 3.63) is 65.7 Å². The van der Waals surface area contributed by atoms with Crippen LogP contribution in [0, 0.1) is 11.8 Å². The summed E-state index contributed by atoms with van der Waals surface area (Å²) in [6, 6.07) is 17.6. The molecule has 0 aromatic heterocycles. The minimum absolute atomic E-state index is 0.378. The first-order valence-electron chi connectivity index (χ1n) is 5.84. The summed E-state index contributed by atoms with van der Waals surface area (Å²) in [5.41, 5.74) is 7.62. The number of ether oxygens (including phenoxy) is 1. The Hall–Kier alpha value is -2.24. The van der Waals surface area contributed by atoms with E-state index < -0.39 is 0 Å². The molecule has 0 radical (unpaired) electrons. The summed E-state index contributed by atoms with van der Waals surface area (Å²) in [6.07, 6.45) is 0. The van der Waals surface area contributed by atoms with Crippen molar-refractivity contribution < 1.29 is 4.74 Å². The predicted octanol–water partition coefficient (Wildman–Crippen LogP) is 2.58. The Labute approximate surface area is 107 Å². The first-order chi connectivity index (χ1) is 8.88. The second-order valence-corrected chi connectivity index (χ2v) is 3.81. The fraction of sp³-hybridized carbons (Fsp3) is 0.125. The molecule has 2 aromatic rings. The molecule has 2 heteroatoms. The largest absolute Gasteiger partial charge is 0.481 e. The highest BCUT2D eigenvalue weighted by atomic mass is 16.5. The van der Waals surface area contributed by atoms with Gasteiger partial charge in [0.1, 0.15) is 12.4 Å². The van der Waals surface area contributed by atoms with E-state index in [1.165, 1.54) is 0 Å². The molecule has 0 atom stereocenters. The Morgan fingerprint density at radius 3 is 2.61 bits per heavy atom. The van der Waals surface area contributed by atoms with Gasteiger partial charge < -0.3 is 10.5 Å². The van der Waals surface area contributed by atoms with Crippen LogP contribution in [0.1, 0.15) is 11.1 Å². The summed E-state index contributed by atoms with van der Waals surface area (Å²) in [5.74, 6) is 6.83. The van der Waals surface area contributed by atoms with E-state index in [9.17, 15) is 0 Å². The number of hydrogen-bond donors (Lipinski definition) is 1. The molecule has 2 N–H and O–H groups in total. The molecule has 0 saturated heterocycles. The molecule has 0 unspecified atom stereocenters. The number of nitrogens with two attached hydrogens (primary N) is 1. The molecule has 0 fully saturated rings. The summed E-state index contributed by atoms with van der Waals surface area (Å²) in [6.45, 7) is 0.899. The van der Waals surface area contributed by atoms with Crippen molar-refractivity contribution >= 4 is 0 Å². The van der Waals surface area contributed by atoms with E-state index in [1.807, 2.05) is 54.6 Å². The lowest BCUT2D eigenvalue weighted by molar-refractivity contribution is 0.370. The number of benzene rings is 2. The van der Waals surface area contributed by atoms with Gasteiger partial charge in [-0.25, -0.2) is 0 Å². The van der Waals surface area contributed by atoms with Gasteiger partial charge in [0.25, 0.3) is 0 Å². The van der Waals surface area contributed by atoms with Gasteiger partial charge in [0.15, 0.2) is 0 Å². The minimum atomic E-state index is 0.378. The normalized spacial score (nSPS) is 9.39. The van der Waals surface area contributed by atoms with Crippen LogP contribution in [0.25, 0.3) is 0 Å². The van der Waals surface area contributed by atoms with Crippen LogP contribution in [0.3, 0.4) is 0 Å². The van der Waals surface area contributed by atoms with E-state index in [0.29, 0.717) is 13.2 Å². The molecule has 2 aromatic carbocycles. The van der Waals surface area contributed by atoms with E-state index in [-0.39, 0.29) is 0 Å². The van der Waals surface area contributed by atoms with Crippen molar-refractivity contribution in [3.63, 3.8) is 0 Å². The zero-order valence-electron chi connectivity index (χ0n) is 10.1. The van der Waals surface area contributed by atoms with Crippen molar-refractivity contribution in [1.82, 2.24) is 0 Å². The Bertz CT molecular complexity index is 552. The SMILES string of the molecule is NCc1cccc(OCC#Cc2ccccc2)c1. The predicted molar refractivity (Wildman–Crippen MR) is 73.1 cm³/mol. The lowest BCUT2D eigenvalue weighted by Gasteiger charge is -2.03. The Morgan fingerprint density at radius 2 is 1.83 bits per heavy atom. The molecule has 0 saturated carbocycles. The molecule has 0 spiro atoms. The van der Waals surface area contributed by atoms with Gasteiger partial charge in [-0.15, -0.1) is 0 Å². The molecule has 0 heterocycles. The third-order valence-corrected chi connectivity index (χ3v) is 2.45. The van der Waals surface area contributed by atoms with Crippen LogP contribution in [0.2, 0.25) is 0 Å². The van der Waals surface area contributed by atoms with Crippen molar-refractivity contribution in [2.75, 3.05) is 6.61 Å². The van der Waals surface area contributed by atoms with E-state index in [4.69, 9.17) is 10.5 Å². The average molecular weight is 237 g/mol. The van der Waals surface area contributed by atoms with Gasteiger partial charge in [0.2, 0.25) is 0 Å². The van der Waals surface area contributed by atoms with Gasteiger partial charge in [0, 0.05) is 12.1 Å². The Balaban J connectivity index is 1.91. The smallest absolute Gasteiger partial charge is 0.149 e. The van der Waals surface area contributed by atoms with E-state index >= 15 is 0 Å². The van der Waals surface area contributed by atoms with Crippen LogP contribution in [-0.2, 0) is 6.54 Å². The summed E-state index contributed by atoms with van der Waals surface area (Å²) < 4.78 is 5.54. The summed E-state index contributed by atoms with van der Waals surface area (Å²) in [5, 5.41) is 0. The standard InChI is InChI=1S/C16H15NO/c17-13-15-8-4-10-16(12-15)18-11-5-9-14-6-2-1-3-7-14/h1-4,6-8,10,12H,11,13,17H2. The van der Waals surface area contributed by atoms with Crippen molar-refractivity contribution in [1.29, 1.82) is 0 Å². The first kappa shape index (κ1) is 12.2. The molecule has 0 aliphatic heterocycles. The maximum Gasteiger partial charge on any atom is 0.149 e. The van der Waals surface area contributed by atoms with Crippen molar-refractivity contribution in [2.24, 2.45) is 5.73 Å². The van der Waals surface area contributed by atoms with Crippen molar-refractivity contribution in [2.45, 2.75) is 6.54 Å². The van der Waals surface area contributed by atoms with Gasteiger partial charge in [-0.3, -0.25) is 0 Å². The van der Waals surface area contributed by atoms with Crippen LogP contribution in [0.4, 0.5) is 0 Å². The first-order valence-corrected chi connectivity index (χ1v) is 5.84. The Kier molecular flexibility index (Phi) is 4.40. The zero-order valence-corrected chi connectivity index (χ0v) is 10.1. The fourth-order valence-electron chi connectivity index (χ4n) is 1.54. The van der Waals surface area contributed by atoms with Crippen LogP contribution in [-0.4, -0.2) is 6.61 Å².